The molecule has 0 aliphatic rings. The molecule has 1 N–H and O–H groups in total. The summed E-state index contributed by atoms with van der Waals surface area (Å²) in [6.45, 7) is 2.91. The Balaban J connectivity index is 2.81. The number of thiol groups is 1. The lowest BCUT2D eigenvalue weighted by Gasteiger charge is -2.02. The Labute approximate surface area is 66.1 Å². The molecule has 0 aromatic carbocycles. The van der Waals surface area contributed by atoms with Crippen LogP contribution in [0.5, 0.6) is 0 Å². The molecule has 0 aliphatic heterocycles. The van der Waals surface area contributed by atoms with E-state index in [2.05, 4.69) is 22.9 Å². The highest BCUT2D eigenvalue weighted by Gasteiger charge is 1.93. The number of hydrogen-bond acceptors (Lipinski definition) is 3. The van der Waals surface area contributed by atoms with Crippen LogP contribution in [0.2, 0.25) is 0 Å². The minimum Gasteiger partial charge on any atom is -0.369 e. The highest BCUT2D eigenvalue weighted by Crippen LogP contribution is 2.14. The van der Waals surface area contributed by atoms with Gasteiger partial charge >= 0.3 is 0 Å². The topological polar surface area (TPSA) is 24.9 Å². The summed E-state index contributed by atoms with van der Waals surface area (Å²) < 4.78 is 0. The molecule has 1 aromatic rings. The van der Waals surface area contributed by atoms with Crippen LogP contribution in [0.25, 0.3) is 0 Å². The maximum absolute atomic E-state index is 4.21. The molecule has 0 unspecified atom stereocenters. The van der Waals surface area contributed by atoms with Gasteiger partial charge in [0.2, 0.25) is 0 Å². The number of anilines is 1. The third kappa shape index (κ3) is 1.64. The zero-order chi connectivity index (χ0) is 7.40. The van der Waals surface area contributed by atoms with Gasteiger partial charge in [-0.05, 0) is 19.1 Å². The van der Waals surface area contributed by atoms with Gasteiger partial charge in [-0.2, -0.15) is 0 Å². The Bertz CT molecular complexity index is 213. The fourth-order valence-corrected chi connectivity index (χ4v) is 0.923. The van der Waals surface area contributed by atoms with Gasteiger partial charge in [0, 0.05) is 17.6 Å². The number of aromatic nitrogens is 1. The molecule has 0 aliphatic carbocycles. The van der Waals surface area contributed by atoms with Crippen LogP contribution in [0.3, 0.4) is 0 Å². The fourth-order valence-electron chi connectivity index (χ4n) is 0.700. The maximum atomic E-state index is 4.21. The summed E-state index contributed by atoms with van der Waals surface area (Å²) in [5, 5.41) is 3.09. The Kier molecular flexibility index (Phi) is 2.57. The summed E-state index contributed by atoms with van der Waals surface area (Å²) in [7, 11) is 0. The van der Waals surface area contributed by atoms with Gasteiger partial charge in [-0.1, -0.05) is 0 Å². The maximum Gasteiger partial charge on any atom is 0.139 e. The molecule has 0 atom stereocenters. The van der Waals surface area contributed by atoms with E-state index in [9.17, 15) is 0 Å². The second kappa shape index (κ2) is 3.46. The highest BCUT2D eigenvalue weighted by molar-refractivity contribution is 7.80. The molecule has 1 aromatic heterocycles. The average molecular weight is 154 g/mol. The molecule has 54 valence electrons. The molecule has 0 saturated carbocycles. The van der Waals surface area contributed by atoms with E-state index >= 15 is 0 Å². The largest absolute Gasteiger partial charge is 0.369 e. The molecular weight excluding hydrogens is 144 g/mol. The summed E-state index contributed by atoms with van der Waals surface area (Å²) in [5.74, 6) is 0.855. The standard InChI is InChI=1S/C7H10N2S/c1-2-8-7-6(10)4-3-5-9-7/h3-5,10H,2H2,1H3,(H,8,9). The van der Waals surface area contributed by atoms with Gasteiger partial charge in [-0.15, -0.1) is 12.6 Å². The second-order valence-corrected chi connectivity index (χ2v) is 2.38. The van der Waals surface area contributed by atoms with Gasteiger partial charge in [-0.3, -0.25) is 0 Å². The Morgan fingerprint density at radius 1 is 1.70 bits per heavy atom. The first-order chi connectivity index (χ1) is 4.84. The smallest absolute Gasteiger partial charge is 0.139 e. The van der Waals surface area contributed by atoms with Crippen molar-refractivity contribution < 1.29 is 0 Å². The van der Waals surface area contributed by atoms with Crippen molar-refractivity contribution in [1.82, 2.24) is 4.98 Å². The molecule has 0 spiro atoms. The summed E-state index contributed by atoms with van der Waals surface area (Å²) >= 11 is 4.21. The van der Waals surface area contributed by atoms with Crippen LogP contribution in [0.15, 0.2) is 23.2 Å². The van der Waals surface area contributed by atoms with Crippen LogP contribution in [0.1, 0.15) is 6.92 Å². The van der Waals surface area contributed by atoms with E-state index in [0.717, 1.165) is 17.3 Å². The van der Waals surface area contributed by atoms with Crippen molar-refractivity contribution in [1.29, 1.82) is 0 Å². The van der Waals surface area contributed by atoms with Gasteiger partial charge in [0.15, 0.2) is 0 Å². The van der Waals surface area contributed by atoms with E-state index < -0.39 is 0 Å². The van der Waals surface area contributed by atoms with Gasteiger partial charge in [0.25, 0.3) is 0 Å². The molecule has 0 fully saturated rings. The van der Waals surface area contributed by atoms with Crippen LogP contribution in [0, 0.1) is 0 Å². The molecule has 1 rings (SSSR count). The Morgan fingerprint density at radius 3 is 3.10 bits per heavy atom. The van der Waals surface area contributed by atoms with Crippen molar-refractivity contribution in [3.8, 4) is 0 Å². The van der Waals surface area contributed by atoms with Gasteiger partial charge in [-0.25, -0.2) is 4.98 Å². The van der Waals surface area contributed by atoms with Gasteiger partial charge in [0.05, 0.1) is 0 Å². The normalized spacial score (nSPS) is 9.40. The Hall–Kier alpha value is -0.700. The zero-order valence-corrected chi connectivity index (χ0v) is 6.73. The molecule has 0 radical (unpaired) electrons. The van der Waals surface area contributed by atoms with E-state index in [1.54, 1.807) is 6.20 Å². The number of nitrogens with one attached hydrogen (secondary N) is 1. The Morgan fingerprint density at radius 2 is 2.50 bits per heavy atom. The van der Waals surface area contributed by atoms with Crippen molar-refractivity contribution >= 4 is 18.4 Å². The molecule has 0 bridgehead atoms. The molecule has 0 amide bonds. The van der Waals surface area contributed by atoms with Crippen molar-refractivity contribution in [2.24, 2.45) is 0 Å². The number of rotatable bonds is 2. The van der Waals surface area contributed by atoms with Gasteiger partial charge < -0.3 is 5.32 Å². The first-order valence-corrected chi connectivity index (χ1v) is 3.67. The van der Waals surface area contributed by atoms with E-state index in [1.807, 2.05) is 19.1 Å². The van der Waals surface area contributed by atoms with E-state index in [1.165, 1.54) is 0 Å². The number of pyridine rings is 1. The molecule has 1 heterocycles. The van der Waals surface area contributed by atoms with Crippen molar-refractivity contribution in [2.75, 3.05) is 11.9 Å². The first kappa shape index (κ1) is 7.41. The minimum absolute atomic E-state index is 0.855. The summed E-state index contributed by atoms with van der Waals surface area (Å²) in [6, 6.07) is 3.78. The number of hydrogen-bond donors (Lipinski definition) is 2. The van der Waals surface area contributed by atoms with Gasteiger partial charge in [0.1, 0.15) is 5.82 Å². The van der Waals surface area contributed by atoms with E-state index in [0.29, 0.717) is 0 Å². The summed E-state index contributed by atoms with van der Waals surface area (Å²) in [4.78, 5) is 4.97. The predicted molar refractivity (Wildman–Crippen MR) is 45.7 cm³/mol. The lowest BCUT2D eigenvalue weighted by atomic mass is 10.4. The summed E-state index contributed by atoms with van der Waals surface area (Å²) in [5.41, 5.74) is 0. The highest BCUT2D eigenvalue weighted by atomic mass is 32.1. The molecule has 10 heavy (non-hydrogen) atoms. The molecule has 0 saturated heterocycles. The molecular formula is C7H10N2S. The lowest BCUT2D eigenvalue weighted by molar-refractivity contribution is 1.12. The van der Waals surface area contributed by atoms with Crippen molar-refractivity contribution in [2.45, 2.75) is 11.8 Å². The third-order valence-electron chi connectivity index (χ3n) is 1.13. The molecule has 3 heteroatoms. The van der Waals surface area contributed by atoms with Crippen LogP contribution in [-0.4, -0.2) is 11.5 Å². The van der Waals surface area contributed by atoms with Crippen molar-refractivity contribution in [3.05, 3.63) is 18.3 Å². The second-order valence-electron chi connectivity index (χ2n) is 1.90. The van der Waals surface area contributed by atoms with Crippen molar-refractivity contribution in [3.63, 3.8) is 0 Å². The third-order valence-corrected chi connectivity index (χ3v) is 1.49. The van der Waals surface area contributed by atoms with Crippen LogP contribution in [0.4, 0.5) is 5.82 Å². The quantitative estimate of drug-likeness (QED) is 0.635. The van der Waals surface area contributed by atoms with E-state index in [-0.39, 0.29) is 0 Å². The number of nitrogens with zero attached hydrogens (tertiary/aromatic N) is 1. The first-order valence-electron chi connectivity index (χ1n) is 3.22. The minimum atomic E-state index is 0.855. The average Bonchev–Trinajstić information content (AvgIpc) is 1.94. The summed E-state index contributed by atoms with van der Waals surface area (Å²) in [6.07, 6.45) is 1.75. The predicted octanol–water partition coefficient (Wildman–Crippen LogP) is 1.80. The zero-order valence-electron chi connectivity index (χ0n) is 5.83. The lowest BCUT2D eigenvalue weighted by Crippen LogP contribution is -1.99. The van der Waals surface area contributed by atoms with Crippen LogP contribution < -0.4 is 5.32 Å². The van der Waals surface area contributed by atoms with Crippen LogP contribution in [-0.2, 0) is 0 Å². The SMILES string of the molecule is CCNc1ncccc1S. The van der Waals surface area contributed by atoms with E-state index in [4.69, 9.17) is 0 Å². The monoisotopic (exact) mass is 154 g/mol. The van der Waals surface area contributed by atoms with Crippen LogP contribution >= 0.6 is 12.6 Å². The fraction of sp³-hybridized carbons (Fsp3) is 0.286. The molecule has 2 nitrogen and oxygen atoms in total.